The molecule has 3 amide bonds. The Balaban J connectivity index is 1.76. The van der Waals surface area contributed by atoms with E-state index in [0.29, 0.717) is 0 Å². The maximum atomic E-state index is 12.0. The highest BCUT2D eigenvalue weighted by molar-refractivity contribution is 5.90. The van der Waals surface area contributed by atoms with Crippen LogP contribution in [-0.2, 0) is 11.3 Å². The SMILES string of the molecule is CN(C(=O)NC1CCCCC1)C(=O)OCc1ccccc1. The van der Waals surface area contributed by atoms with Crippen molar-refractivity contribution < 1.29 is 14.3 Å². The molecule has 5 nitrogen and oxygen atoms in total. The van der Waals surface area contributed by atoms with Crippen molar-refractivity contribution in [3.05, 3.63) is 35.9 Å². The number of nitrogens with one attached hydrogen (secondary N) is 1. The van der Waals surface area contributed by atoms with E-state index in [-0.39, 0.29) is 18.7 Å². The van der Waals surface area contributed by atoms with Gasteiger partial charge in [0.2, 0.25) is 0 Å². The Morgan fingerprint density at radius 3 is 2.52 bits per heavy atom. The smallest absolute Gasteiger partial charge is 0.418 e. The zero-order valence-electron chi connectivity index (χ0n) is 12.4. The topological polar surface area (TPSA) is 58.6 Å². The van der Waals surface area contributed by atoms with E-state index in [1.165, 1.54) is 13.5 Å². The average Bonchev–Trinajstić information content (AvgIpc) is 2.53. The quantitative estimate of drug-likeness (QED) is 0.929. The minimum Gasteiger partial charge on any atom is -0.444 e. The van der Waals surface area contributed by atoms with Crippen LogP contribution in [-0.4, -0.2) is 30.1 Å². The predicted octanol–water partition coefficient (Wildman–Crippen LogP) is 3.30. The summed E-state index contributed by atoms with van der Waals surface area (Å²) in [6.45, 7) is 0.167. The fraction of sp³-hybridized carbons (Fsp3) is 0.500. The van der Waals surface area contributed by atoms with E-state index < -0.39 is 6.09 Å². The van der Waals surface area contributed by atoms with Crippen molar-refractivity contribution in [2.45, 2.75) is 44.8 Å². The van der Waals surface area contributed by atoms with E-state index in [9.17, 15) is 9.59 Å². The van der Waals surface area contributed by atoms with Gasteiger partial charge in [-0.2, -0.15) is 0 Å². The van der Waals surface area contributed by atoms with Gasteiger partial charge in [-0.1, -0.05) is 49.6 Å². The Bertz CT molecular complexity index is 470. The lowest BCUT2D eigenvalue weighted by Gasteiger charge is -2.25. The third-order valence-corrected chi connectivity index (χ3v) is 3.72. The third kappa shape index (κ3) is 4.77. The summed E-state index contributed by atoms with van der Waals surface area (Å²) in [6.07, 6.45) is 4.82. The maximum Gasteiger partial charge on any atom is 0.418 e. The lowest BCUT2D eigenvalue weighted by molar-refractivity contribution is 0.109. The zero-order chi connectivity index (χ0) is 15.1. The van der Waals surface area contributed by atoms with Crippen LogP contribution in [0.3, 0.4) is 0 Å². The number of hydrogen-bond donors (Lipinski definition) is 1. The number of nitrogens with zero attached hydrogens (tertiary/aromatic N) is 1. The first kappa shape index (κ1) is 15.4. The van der Waals surface area contributed by atoms with Crippen molar-refractivity contribution in [1.29, 1.82) is 0 Å². The van der Waals surface area contributed by atoms with Crippen LogP contribution in [0.5, 0.6) is 0 Å². The van der Waals surface area contributed by atoms with E-state index in [0.717, 1.165) is 36.1 Å². The summed E-state index contributed by atoms with van der Waals surface area (Å²) in [5.74, 6) is 0. The molecule has 2 rings (SSSR count). The first-order valence-corrected chi connectivity index (χ1v) is 7.41. The van der Waals surface area contributed by atoms with Crippen molar-refractivity contribution in [2.24, 2.45) is 0 Å². The molecule has 0 saturated heterocycles. The summed E-state index contributed by atoms with van der Waals surface area (Å²) in [5, 5.41) is 2.88. The second kappa shape index (κ2) is 7.67. The Morgan fingerprint density at radius 1 is 1.19 bits per heavy atom. The molecule has 1 saturated carbocycles. The molecule has 0 spiro atoms. The van der Waals surface area contributed by atoms with Crippen molar-refractivity contribution in [3.63, 3.8) is 0 Å². The molecule has 0 bridgehead atoms. The van der Waals surface area contributed by atoms with Crippen LogP contribution in [0.25, 0.3) is 0 Å². The molecule has 1 aromatic carbocycles. The van der Waals surface area contributed by atoms with Gasteiger partial charge < -0.3 is 10.1 Å². The second-order valence-corrected chi connectivity index (χ2v) is 5.38. The van der Waals surface area contributed by atoms with E-state index in [2.05, 4.69) is 5.32 Å². The molecule has 1 aromatic rings. The first-order valence-electron chi connectivity index (χ1n) is 7.41. The van der Waals surface area contributed by atoms with Crippen LogP contribution in [0.15, 0.2) is 30.3 Å². The van der Waals surface area contributed by atoms with E-state index in [1.807, 2.05) is 30.3 Å². The molecule has 1 aliphatic rings. The molecule has 0 heterocycles. The Morgan fingerprint density at radius 2 is 1.86 bits per heavy atom. The first-order chi connectivity index (χ1) is 10.2. The average molecular weight is 290 g/mol. The summed E-state index contributed by atoms with van der Waals surface area (Å²) in [7, 11) is 1.44. The molecule has 21 heavy (non-hydrogen) atoms. The zero-order valence-corrected chi connectivity index (χ0v) is 12.4. The summed E-state index contributed by atoms with van der Waals surface area (Å²) < 4.78 is 5.13. The van der Waals surface area contributed by atoms with Crippen LogP contribution in [0.4, 0.5) is 9.59 Å². The molecule has 114 valence electrons. The van der Waals surface area contributed by atoms with Crippen molar-refractivity contribution in [1.82, 2.24) is 10.2 Å². The van der Waals surface area contributed by atoms with Gasteiger partial charge in [0.25, 0.3) is 0 Å². The minimum atomic E-state index is -0.632. The van der Waals surface area contributed by atoms with Crippen LogP contribution in [0.2, 0.25) is 0 Å². The second-order valence-electron chi connectivity index (χ2n) is 5.38. The molecule has 5 heteroatoms. The molecule has 1 aliphatic carbocycles. The normalized spacial score (nSPS) is 15.3. The molecular formula is C16H22N2O3. The number of imide groups is 1. The summed E-state index contributed by atoms with van der Waals surface area (Å²) in [6, 6.07) is 9.18. The van der Waals surface area contributed by atoms with Gasteiger partial charge in [-0.05, 0) is 18.4 Å². The molecule has 1 fully saturated rings. The van der Waals surface area contributed by atoms with Gasteiger partial charge in [0.05, 0.1) is 0 Å². The predicted molar refractivity (Wildman–Crippen MR) is 79.8 cm³/mol. The number of urea groups is 1. The molecule has 1 N–H and O–H groups in total. The van der Waals surface area contributed by atoms with Crippen molar-refractivity contribution in [3.8, 4) is 0 Å². The summed E-state index contributed by atoms with van der Waals surface area (Å²) in [5.41, 5.74) is 0.895. The number of rotatable bonds is 3. The molecule has 0 radical (unpaired) electrons. The van der Waals surface area contributed by atoms with Gasteiger partial charge >= 0.3 is 12.1 Å². The highest BCUT2D eigenvalue weighted by Gasteiger charge is 2.22. The monoisotopic (exact) mass is 290 g/mol. The van der Waals surface area contributed by atoms with Gasteiger partial charge in [-0.15, -0.1) is 0 Å². The fourth-order valence-corrected chi connectivity index (χ4v) is 2.42. The number of hydrogen-bond acceptors (Lipinski definition) is 3. The van der Waals surface area contributed by atoms with E-state index in [1.54, 1.807) is 0 Å². The van der Waals surface area contributed by atoms with Crippen LogP contribution < -0.4 is 5.32 Å². The van der Waals surface area contributed by atoms with Gasteiger partial charge in [0, 0.05) is 13.1 Å². The fourth-order valence-electron chi connectivity index (χ4n) is 2.42. The highest BCUT2D eigenvalue weighted by atomic mass is 16.6. The van der Waals surface area contributed by atoms with Gasteiger partial charge in [-0.3, -0.25) is 0 Å². The van der Waals surface area contributed by atoms with Crippen LogP contribution >= 0.6 is 0 Å². The lowest BCUT2D eigenvalue weighted by Crippen LogP contribution is -2.46. The van der Waals surface area contributed by atoms with E-state index >= 15 is 0 Å². The van der Waals surface area contributed by atoms with Crippen LogP contribution in [0.1, 0.15) is 37.7 Å². The maximum absolute atomic E-state index is 12.0. The molecule has 0 aliphatic heterocycles. The number of amides is 3. The number of carbonyl (C=O) groups is 2. The summed E-state index contributed by atoms with van der Waals surface area (Å²) in [4.78, 5) is 24.8. The minimum absolute atomic E-state index is 0.167. The molecule has 0 aromatic heterocycles. The van der Waals surface area contributed by atoms with Gasteiger partial charge in [0.1, 0.15) is 6.61 Å². The van der Waals surface area contributed by atoms with Crippen LogP contribution in [0, 0.1) is 0 Å². The third-order valence-electron chi connectivity index (χ3n) is 3.72. The van der Waals surface area contributed by atoms with Gasteiger partial charge in [0.15, 0.2) is 0 Å². The molecule has 0 atom stereocenters. The lowest BCUT2D eigenvalue weighted by atomic mass is 9.96. The largest absolute Gasteiger partial charge is 0.444 e. The number of carbonyl (C=O) groups excluding carboxylic acids is 2. The number of benzene rings is 1. The molecular weight excluding hydrogens is 268 g/mol. The number of ether oxygens (including phenoxy) is 1. The summed E-state index contributed by atoms with van der Waals surface area (Å²) >= 11 is 0. The standard InChI is InChI=1S/C16H22N2O3/c1-18(15(19)17-14-10-6-3-7-11-14)16(20)21-12-13-8-4-2-5-9-13/h2,4-5,8-9,14H,3,6-7,10-12H2,1H3,(H,17,19). The van der Waals surface area contributed by atoms with Crippen molar-refractivity contribution >= 4 is 12.1 Å². The Hall–Kier alpha value is -2.04. The van der Waals surface area contributed by atoms with Gasteiger partial charge in [-0.25, -0.2) is 14.5 Å². The molecule has 0 unspecified atom stereocenters. The highest BCUT2D eigenvalue weighted by Crippen LogP contribution is 2.17. The Labute approximate surface area is 125 Å². The Kier molecular flexibility index (Phi) is 5.60. The van der Waals surface area contributed by atoms with Crippen molar-refractivity contribution in [2.75, 3.05) is 7.05 Å². The van der Waals surface area contributed by atoms with E-state index in [4.69, 9.17) is 4.74 Å².